The summed E-state index contributed by atoms with van der Waals surface area (Å²) in [5.41, 5.74) is 6.07. The van der Waals surface area contributed by atoms with Gasteiger partial charge in [0, 0.05) is 10.0 Å². The fourth-order valence-electron chi connectivity index (χ4n) is 1.01. The largest absolute Gasteiger partial charge is 0.506 e. The summed E-state index contributed by atoms with van der Waals surface area (Å²) in [7, 11) is 0. The van der Waals surface area contributed by atoms with Gasteiger partial charge in [0.1, 0.15) is 12.4 Å². The second-order valence-corrected chi connectivity index (χ2v) is 5.18. The Kier molecular flexibility index (Phi) is 6.67. The molecule has 0 saturated carbocycles. The van der Waals surface area contributed by atoms with Crippen molar-refractivity contribution >= 4 is 60.2 Å². The Morgan fingerprint density at radius 2 is 1.87 bits per heavy atom. The fraction of sp³-hybridized carbons (Fsp3) is 0.250. The predicted molar refractivity (Wildman–Crippen MR) is 71.4 cm³/mol. The normalized spacial score (nSPS) is 12.1. The van der Waals surface area contributed by atoms with E-state index in [1.807, 2.05) is 0 Å². The molecular weight excluding hydrogens is 420 g/mol. The lowest BCUT2D eigenvalue weighted by atomic mass is 10.1. The number of phenols is 1. The van der Waals surface area contributed by atoms with Crippen LogP contribution < -0.4 is 5.73 Å². The van der Waals surface area contributed by atoms with Gasteiger partial charge in [0.15, 0.2) is 0 Å². The number of aromatic hydroxyl groups is 1. The zero-order valence-electron chi connectivity index (χ0n) is 7.31. The van der Waals surface area contributed by atoms with Crippen molar-refractivity contribution in [2.75, 3.05) is 6.67 Å². The highest BCUT2D eigenvalue weighted by molar-refractivity contribution is 9.11. The van der Waals surface area contributed by atoms with Crippen LogP contribution in [0, 0.1) is 0 Å². The van der Waals surface area contributed by atoms with Crippen LogP contribution in [0.4, 0.5) is 4.39 Å². The van der Waals surface area contributed by atoms with Gasteiger partial charge in [-0.3, -0.25) is 0 Å². The Hall–Kier alpha value is 0.640. The first-order chi connectivity index (χ1) is 6.49. The number of hydrogen-bond donors (Lipinski definition) is 2. The van der Waals surface area contributed by atoms with Gasteiger partial charge in [-0.25, -0.2) is 4.39 Å². The zero-order chi connectivity index (χ0) is 10.9. The van der Waals surface area contributed by atoms with Gasteiger partial charge in [0.05, 0.1) is 15.0 Å². The first kappa shape index (κ1) is 15.6. The Labute approximate surface area is 118 Å². The molecule has 0 fully saturated rings. The van der Waals surface area contributed by atoms with E-state index >= 15 is 0 Å². The smallest absolute Gasteiger partial charge is 0.144 e. The average Bonchev–Trinajstić information content (AvgIpc) is 2.14. The Balaban J connectivity index is 0.00000196. The maximum absolute atomic E-state index is 12.4. The van der Waals surface area contributed by atoms with Gasteiger partial charge in [0.2, 0.25) is 0 Å². The molecule has 0 saturated heterocycles. The molecule has 0 aliphatic rings. The Morgan fingerprint density at radius 3 is 2.33 bits per heavy atom. The van der Waals surface area contributed by atoms with Crippen LogP contribution in [-0.2, 0) is 0 Å². The van der Waals surface area contributed by atoms with E-state index in [4.69, 9.17) is 5.73 Å². The number of phenolic OH excluding ortho intramolecular Hbond substituents is 1. The summed E-state index contributed by atoms with van der Waals surface area (Å²) in [5, 5.41) is 9.56. The summed E-state index contributed by atoms with van der Waals surface area (Å²) >= 11 is 9.58. The van der Waals surface area contributed by atoms with Crippen molar-refractivity contribution in [3.05, 3.63) is 25.0 Å². The molecule has 1 aromatic carbocycles. The number of nitrogens with two attached hydrogens (primary N) is 1. The lowest BCUT2D eigenvalue weighted by Crippen LogP contribution is -2.13. The molecule has 0 aliphatic carbocycles. The van der Waals surface area contributed by atoms with E-state index in [1.165, 1.54) is 0 Å². The molecule has 0 aromatic heterocycles. The molecule has 0 amide bonds. The van der Waals surface area contributed by atoms with Crippen LogP contribution in [0.1, 0.15) is 11.6 Å². The van der Waals surface area contributed by atoms with Crippen molar-refractivity contribution in [3.8, 4) is 5.75 Å². The van der Waals surface area contributed by atoms with Crippen LogP contribution in [0.25, 0.3) is 0 Å². The fourth-order valence-corrected chi connectivity index (χ4v) is 3.72. The third-order valence-electron chi connectivity index (χ3n) is 1.72. The minimum Gasteiger partial charge on any atom is -0.506 e. The van der Waals surface area contributed by atoms with Crippen molar-refractivity contribution < 1.29 is 9.50 Å². The third-order valence-corrected chi connectivity index (χ3v) is 3.78. The van der Waals surface area contributed by atoms with Crippen LogP contribution in [0.2, 0.25) is 0 Å². The van der Waals surface area contributed by atoms with Crippen LogP contribution in [0.15, 0.2) is 19.5 Å². The summed E-state index contributed by atoms with van der Waals surface area (Å²) in [6.07, 6.45) is 0. The summed E-state index contributed by atoms with van der Waals surface area (Å²) in [5.74, 6) is 0.0205. The van der Waals surface area contributed by atoms with Crippen LogP contribution in [0.3, 0.4) is 0 Å². The number of rotatable bonds is 2. The summed E-state index contributed by atoms with van der Waals surface area (Å²) in [4.78, 5) is 0. The van der Waals surface area contributed by atoms with E-state index in [0.717, 1.165) is 0 Å². The molecule has 1 aromatic rings. The van der Waals surface area contributed by atoms with Crippen molar-refractivity contribution in [2.24, 2.45) is 5.73 Å². The maximum Gasteiger partial charge on any atom is 0.144 e. The average molecular weight is 428 g/mol. The minimum atomic E-state index is -0.752. The lowest BCUT2D eigenvalue weighted by Gasteiger charge is -2.14. The van der Waals surface area contributed by atoms with Crippen molar-refractivity contribution in [1.82, 2.24) is 0 Å². The van der Waals surface area contributed by atoms with Gasteiger partial charge in [-0.05, 0) is 37.9 Å². The number of halogens is 5. The number of alkyl halides is 1. The second kappa shape index (κ2) is 6.39. The molecule has 0 bridgehead atoms. The first-order valence-corrected chi connectivity index (χ1v) is 6.04. The number of hydrogen-bond acceptors (Lipinski definition) is 2. The Morgan fingerprint density at radius 1 is 1.33 bits per heavy atom. The van der Waals surface area contributed by atoms with Crippen LogP contribution in [-0.4, -0.2) is 11.8 Å². The molecule has 0 heterocycles. The van der Waals surface area contributed by atoms with E-state index in [-0.39, 0.29) is 18.2 Å². The summed E-state index contributed by atoms with van der Waals surface area (Å²) in [6.45, 7) is -0.682. The topological polar surface area (TPSA) is 46.2 Å². The highest BCUT2D eigenvalue weighted by Crippen LogP contribution is 2.41. The highest BCUT2D eigenvalue weighted by Gasteiger charge is 2.18. The Bertz CT molecular complexity index is 364. The molecule has 15 heavy (non-hydrogen) atoms. The molecular formula is C8H8Br3ClFNO. The predicted octanol–water partition coefficient (Wildman–Crippen LogP) is 4.07. The van der Waals surface area contributed by atoms with Gasteiger partial charge in [-0.1, -0.05) is 15.9 Å². The van der Waals surface area contributed by atoms with Crippen LogP contribution >= 0.6 is 60.2 Å². The van der Waals surface area contributed by atoms with E-state index in [9.17, 15) is 9.50 Å². The van der Waals surface area contributed by atoms with E-state index in [0.29, 0.717) is 19.0 Å². The lowest BCUT2D eigenvalue weighted by molar-refractivity contribution is 0.430. The second-order valence-electron chi connectivity index (χ2n) is 2.68. The monoisotopic (exact) mass is 425 g/mol. The number of benzene rings is 1. The van der Waals surface area contributed by atoms with E-state index in [1.54, 1.807) is 6.07 Å². The summed E-state index contributed by atoms with van der Waals surface area (Å²) < 4.78 is 14.0. The molecule has 2 nitrogen and oxygen atoms in total. The molecule has 1 rings (SSSR count). The van der Waals surface area contributed by atoms with Gasteiger partial charge in [-0.15, -0.1) is 12.4 Å². The molecule has 0 spiro atoms. The van der Waals surface area contributed by atoms with Crippen molar-refractivity contribution in [3.63, 3.8) is 0 Å². The molecule has 0 radical (unpaired) electrons. The minimum absolute atomic E-state index is 0. The first-order valence-electron chi connectivity index (χ1n) is 3.67. The van der Waals surface area contributed by atoms with Gasteiger partial charge >= 0.3 is 0 Å². The molecule has 7 heteroatoms. The third kappa shape index (κ3) is 3.30. The van der Waals surface area contributed by atoms with Crippen molar-refractivity contribution in [1.29, 1.82) is 0 Å². The van der Waals surface area contributed by atoms with Gasteiger partial charge in [0.25, 0.3) is 0 Å². The molecule has 0 aliphatic heterocycles. The van der Waals surface area contributed by atoms with Gasteiger partial charge < -0.3 is 10.8 Å². The SMILES string of the molecule is Cl.N[C@H](CF)c1c(Br)cc(Br)c(O)c1Br. The maximum atomic E-state index is 12.4. The standard InChI is InChI=1S/C8H7Br3FNO.ClH/c9-3-1-4(10)8(14)7(11)6(3)5(13)2-12;/h1,5,14H,2,13H2;1H/t5-;/m1./s1. The highest BCUT2D eigenvalue weighted by atomic mass is 79.9. The van der Waals surface area contributed by atoms with E-state index < -0.39 is 12.7 Å². The summed E-state index contributed by atoms with van der Waals surface area (Å²) in [6, 6.07) is 0.878. The zero-order valence-corrected chi connectivity index (χ0v) is 12.9. The molecule has 0 unspecified atom stereocenters. The quantitative estimate of drug-likeness (QED) is 0.746. The van der Waals surface area contributed by atoms with E-state index in [2.05, 4.69) is 47.8 Å². The molecule has 86 valence electrons. The van der Waals surface area contributed by atoms with Crippen molar-refractivity contribution in [2.45, 2.75) is 6.04 Å². The molecule has 1 atom stereocenters. The van der Waals surface area contributed by atoms with Crippen LogP contribution in [0.5, 0.6) is 5.75 Å². The molecule has 3 N–H and O–H groups in total. The van der Waals surface area contributed by atoms with Gasteiger partial charge in [-0.2, -0.15) is 0 Å².